The minimum absolute atomic E-state index is 0.0431. The van der Waals surface area contributed by atoms with E-state index < -0.39 is 34.4 Å². The molecule has 1 unspecified atom stereocenters. The number of likely N-dealkylation sites (N-methyl/N-ethyl adjacent to an activating group) is 1. The first-order valence-corrected chi connectivity index (χ1v) is 11.9. The fourth-order valence-corrected chi connectivity index (χ4v) is 5.30. The number of carbonyl (C=O) groups is 3. The Bertz CT molecular complexity index is 1150. The van der Waals surface area contributed by atoms with Gasteiger partial charge in [0.2, 0.25) is 11.8 Å². The maximum Gasteiger partial charge on any atom is 0.269 e. The van der Waals surface area contributed by atoms with Gasteiger partial charge in [-0.15, -0.1) is 0 Å². The summed E-state index contributed by atoms with van der Waals surface area (Å²) >= 11 is 0. The normalized spacial score (nSPS) is 15.2. The average Bonchev–Trinajstić information content (AvgIpc) is 2.96. The van der Waals surface area contributed by atoms with Crippen LogP contribution in [-0.2, 0) is 26.2 Å². The third-order valence-corrected chi connectivity index (χ3v) is 7.32. The van der Waals surface area contributed by atoms with Crippen molar-refractivity contribution in [2.75, 3.05) is 13.1 Å². The lowest BCUT2D eigenvalue weighted by atomic mass is 10.1. The van der Waals surface area contributed by atoms with Crippen LogP contribution in [0.2, 0.25) is 0 Å². The van der Waals surface area contributed by atoms with E-state index in [0.29, 0.717) is 17.3 Å². The molecule has 9 heteroatoms. The fourth-order valence-electron chi connectivity index (χ4n) is 3.78. The summed E-state index contributed by atoms with van der Waals surface area (Å²) in [5, 5.41) is 2.73. The van der Waals surface area contributed by atoms with Crippen LogP contribution >= 0.6 is 0 Å². The van der Waals surface area contributed by atoms with E-state index in [0.717, 1.165) is 11.1 Å². The number of benzene rings is 2. The number of hydrogen-bond acceptors (Lipinski definition) is 5. The molecule has 0 saturated carbocycles. The van der Waals surface area contributed by atoms with Crippen LogP contribution < -0.4 is 5.32 Å². The summed E-state index contributed by atoms with van der Waals surface area (Å²) in [5.74, 6) is -1.68. The van der Waals surface area contributed by atoms with E-state index >= 15 is 0 Å². The second-order valence-corrected chi connectivity index (χ2v) is 9.41. The number of fused-ring (bicyclic) bond motifs is 1. The quantitative estimate of drug-likeness (QED) is 0.654. The van der Waals surface area contributed by atoms with Gasteiger partial charge in [-0.05, 0) is 43.5 Å². The van der Waals surface area contributed by atoms with Crippen molar-refractivity contribution in [1.29, 1.82) is 0 Å². The number of rotatable bonds is 8. The predicted molar refractivity (Wildman–Crippen MR) is 119 cm³/mol. The third-order valence-electron chi connectivity index (χ3n) is 5.53. The first kappa shape index (κ1) is 23.5. The molecular weight excluding hydrogens is 430 g/mol. The van der Waals surface area contributed by atoms with E-state index in [2.05, 4.69) is 5.32 Å². The minimum Gasteiger partial charge on any atom is -0.355 e. The molecule has 170 valence electrons. The van der Waals surface area contributed by atoms with E-state index in [1.54, 1.807) is 19.9 Å². The van der Waals surface area contributed by atoms with Gasteiger partial charge in [0.15, 0.2) is 0 Å². The summed E-state index contributed by atoms with van der Waals surface area (Å²) in [4.78, 5) is 40.1. The number of hydrogen-bond donors (Lipinski definition) is 1. The van der Waals surface area contributed by atoms with Crippen molar-refractivity contribution in [3.05, 3.63) is 65.2 Å². The molecule has 32 heavy (non-hydrogen) atoms. The minimum atomic E-state index is -4.13. The summed E-state index contributed by atoms with van der Waals surface area (Å²) < 4.78 is 26.4. The molecule has 1 atom stereocenters. The molecule has 3 rings (SSSR count). The Kier molecular flexibility index (Phi) is 6.98. The first-order valence-electron chi connectivity index (χ1n) is 10.5. The lowest BCUT2D eigenvalue weighted by Gasteiger charge is -2.32. The summed E-state index contributed by atoms with van der Waals surface area (Å²) in [6, 6.07) is 12.5. The van der Waals surface area contributed by atoms with E-state index in [-0.39, 0.29) is 22.9 Å². The Labute approximate surface area is 188 Å². The van der Waals surface area contributed by atoms with Gasteiger partial charge >= 0.3 is 0 Å². The molecule has 0 aliphatic carbocycles. The number of sulfonamides is 1. The van der Waals surface area contributed by atoms with Gasteiger partial charge in [-0.3, -0.25) is 14.4 Å². The Morgan fingerprint density at radius 2 is 1.72 bits per heavy atom. The molecule has 1 N–H and O–H groups in total. The highest BCUT2D eigenvalue weighted by Gasteiger charge is 2.43. The van der Waals surface area contributed by atoms with Crippen molar-refractivity contribution in [3.63, 3.8) is 0 Å². The second-order valence-electron chi connectivity index (χ2n) is 7.58. The summed E-state index contributed by atoms with van der Waals surface area (Å²) in [6.45, 7) is 5.32. The Morgan fingerprint density at radius 3 is 2.34 bits per heavy atom. The molecule has 1 aliphatic rings. The summed E-state index contributed by atoms with van der Waals surface area (Å²) in [6.07, 6.45) is 0.338. The smallest absolute Gasteiger partial charge is 0.269 e. The zero-order valence-corrected chi connectivity index (χ0v) is 19.2. The highest BCUT2D eigenvalue weighted by atomic mass is 32.2. The van der Waals surface area contributed by atoms with Crippen molar-refractivity contribution >= 4 is 27.7 Å². The van der Waals surface area contributed by atoms with Crippen LogP contribution in [0.25, 0.3) is 0 Å². The second kappa shape index (κ2) is 9.52. The topological polar surface area (TPSA) is 104 Å². The number of nitrogens with one attached hydrogen (secondary N) is 1. The molecule has 8 nitrogen and oxygen atoms in total. The van der Waals surface area contributed by atoms with Crippen LogP contribution in [0.5, 0.6) is 0 Å². The first-order chi connectivity index (χ1) is 15.2. The molecule has 0 aromatic heterocycles. The van der Waals surface area contributed by atoms with Gasteiger partial charge in [-0.2, -0.15) is 0 Å². The molecule has 3 amide bonds. The Balaban J connectivity index is 1.94. The summed E-state index contributed by atoms with van der Waals surface area (Å²) in [5.41, 5.74) is 1.82. The molecule has 1 aliphatic heterocycles. The lowest BCUT2D eigenvalue weighted by molar-refractivity contribution is -0.141. The summed E-state index contributed by atoms with van der Waals surface area (Å²) in [7, 11) is -4.13. The van der Waals surface area contributed by atoms with Crippen molar-refractivity contribution in [3.8, 4) is 0 Å². The molecule has 0 bridgehead atoms. The monoisotopic (exact) mass is 457 g/mol. The van der Waals surface area contributed by atoms with Gasteiger partial charge in [-0.1, -0.05) is 43.3 Å². The van der Waals surface area contributed by atoms with Gasteiger partial charge in [0.05, 0.1) is 5.56 Å². The number of aryl methyl sites for hydroxylation is 1. The van der Waals surface area contributed by atoms with Gasteiger partial charge in [0, 0.05) is 13.1 Å². The maximum atomic E-state index is 13.4. The van der Waals surface area contributed by atoms with Crippen LogP contribution in [0.4, 0.5) is 0 Å². The number of amides is 3. The van der Waals surface area contributed by atoms with Crippen LogP contribution in [0.15, 0.2) is 53.4 Å². The maximum absolute atomic E-state index is 13.4. The van der Waals surface area contributed by atoms with Gasteiger partial charge in [0.1, 0.15) is 17.5 Å². The van der Waals surface area contributed by atoms with Crippen molar-refractivity contribution in [2.45, 2.75) is 44.7 Å². The van der Waals surface area contributed by atoms with E-state index in [1.165, 1.54) is 23.1 Å². The van der Waals surface area contributed by atoms with Crippen LogP contribution in [-0.4, -0.2) is 54.5 Å². The average molecular weight is 458 g/mol. The van der Waals surface area contributed by atoms with Crippen LogP contribution in [0, 0.1) is 6.92 Å². The van der Waals surface area contributed by atoms with Crippen LogP contribution in [0.1, 0.15) is 41.8 Å². The van der Waals surface area contributed by atoms with E-state index in [9.17, 15) is 22.8 Å². The number of nitrogens with zero attached hydrogens (tertiary/aromatic N) is 2. The van der Waals surface area contributed by atoms with Crippen molar-refractivity contribution in [2.24, 2.45) is 0 Å². The highest BCUT2D eigenvalue weighted by Crippen LogP contribution is 2.30. The van der Waals surface area contributed by atoms with Crippen molar-refractivity contribution < 1.29 is 22.8 Å². The molecular formula is C23H27N3O5S. The fraction of sp³-hybridized carbons (Fsp3) is 0.348. The van der Waals surface area contributed by atoms with Gasteiger partial charge < -0.3 is 10.2 Å². The zero-order valence-electron chi connectivity index (χ0n) is 18.4. The number of carbonyl (C=O) groups excluding carboxylic acids is 3. The van der Waals surface area contributed by atoms with Gasteiger partial charge in [0.25, 0.3) is 15.9 Å². The Hall–Kier alpha value is -3.20. The Morgan fingerprint density at radius 1 is 1.06 bits per heavy atom. The zero-order chi connectivity index (χ0) is 23.5. The molecule has 2 aromatic carbocycles. The SMILES string of the molecule is CCNC(=O)C(CC)N(Cc1ccccc1C)C(=O)CN1C(=O)c2ccccc2S1(=O)=O. The molecule has 2 aromatic rings. The van der Waals surface area contributed by atoms with E-state index in [4.69, 9.17) is 0 Å². The highest BCUT2D eigenvalue weighted by molar-refractivity contribution is 7.90. The molecule has 0 fully saturated rings. The largest absolute Gasteiger partial charge is 0.355 e. The molecule has 1 heterocycles. The molecule has 0 radical (unpaired) electrons. The van der Waals surface area contributed by atoms with Gasteiger partial charge in [-0.25, -0.2) is 12.7 Å². The molecule has 0 spiro atoms. The van der Waals surface area contributed by atoms with Crippen molar-refractivity contribution in [1.82, 2.24) is 14.5 Å². The predicted octanol–water partition coefficient (Wildman–Crippen LogP) is 2.08. The van der Waals surface area contributed by atoms with E-state index in [1.807, 2.05) is 31.2 Å². The van der Waals surface area contributed by atoms with Crippen LogP contribution in [0.3, 0.4) is 0 Å². The molecule has 0 saturated heterocycles. The third kappa shape index (κ3) is 4.38. The standard InChI is InChI=1S/C23H27N3O5S/c1-4-19(22(28)24-5-2)25(14-17-11-7-6-10-16(17)3)21(27)15-26-23(29)18-12-8-9-13-20(18)32(26,30)31/h6-13,19H,4-5,14-15H2,1-3H3,(H,24,28). The lowest BCUT2D eigenvalue weighted by Crippen LogP contribution is -2.52.